The number of amides is 2. The van der Waals surface area contributed by atoms with Crippen molar-refractivity contribution in [3.63, 3.8) is 0 Å². The largest absolute Gasteiger partial charge is 0.492 e. The first-order chi connectivity index (χ1) is 19.4. The van der Waals surface area contributed by atoms with E-state index in [0.717, 1.165) is 21.0 Å². The number of ether oxygens (including phenoxy) is 1. The van der Waals surface area contributed by atoms with E-state index in [1.54, 1.807) is 43.3 Å². The van der Waals surface area contributed by atoms with E-state index in [9.17, 15) is 18.0 Å². The molecule has 0 bridgehead atoms. The monoisotopic (exact) mass is 579 g/mol. The minimum atomic E-state index is -4.18. The van der Waals surface area contributed by atoms with Gasteiger partial charge in [0.1, 0.15) is 18.3 Å². The van der Waals surface area contributed by atoms with E-state index in [1.165, 1.54) is 17.0 Å². The Morgan fingerprint density at radius 3 is 2.05 bits per heavy atom. The smallest absolute Gasteiger partial charge is 0.264 e. The maximum Gasteiger partial charge on any atom is 0.264 e. The highest BCUT2D eigenvalue weighted by atomic mass is 32.2. The predicted octanol–water partition coefficient (Wildman–Crippen LogP) is 5.09. The first-order valence-corrected chi connectivity index (χ1v) is 15.3. The number of carbonyl (C=O) groups is 2. The maximum atomic E-state index is 14.1. The molecule has 0 radical (unpaired) electrons. The van der Waals surface area contributed by atoms with Crippen molar-refractivity contribution in [3.05, 3.63) is 89.5 Å². The van der Waals surface area contributed by atoms with Crippen molar-refractivity contribution in [1.82, 2.24) is 10.2 Å². The number of nitrogens with one attached hydrogen (secondary N) is 1. The molecular formula is C32H41N3O5S. The van der Waals surface area contributed by atoms with Crippen molar-refractivity contribution in [2.45, 2.75) is 59.0 Å². The van der Waals surface area contributed by atoms with E-state index in [2.05, 4.69) is 5.32 Å². The van der Waals surface area contributed by atoms with Crippen molar-refractivity contribution in [2.24, 2.45) is 5.92 Å². The van der Waals surface area contributed by atoms with Gasteiger partial charge in [-0.3, -0.25) is 13.9 Å². The summed E-state index contributed by atoms with van der Waals surface area (Å²) in [5.41, 5.74) is 3.05. The van der Waals surface area contributed by atoms with Crippen molar-refractivity contribution in [2.75, 3.05) is 24.0 Å². The number of hydrogen-bond acceptors (Lipinski definition) is 5. The normalized spacial score (nSPS) is 12.1. The lowest BCUT2D eigenvalue weighted by atomic mass is 10.1. The Morgan fingerprint density at radius 1 is 0.878 bits per heavy atom. The highest BCUT2D eigenvalue weighted by Gasteiger charge is 2.33. The zero-order chi connectivity index (χ0) is 30.2. The summed E-state index contributed by atoms with van der Waals surface area (Å²) in [6.07, 6.45) is 0. The number of benzene rings is 3. The fourth-order valence-corrected chi connectivity index (χ4v) is 5.64. The van der Waals surface area contributed by atoms with E-state index in [1.807, 2.05) is 58.9 Å². The van der Waals surface area contributed by atoms with Crippen LogP contribution < -0.4 is 14.4 Å². The molecule has 1 atom stereocenters. The van der Waals surface area contributed by atoms with Crippen LogP contribution in [0.25, 0.3) is 0 Å². The van der Waals surface area contributed by atoms with Crippen LogP contribution in [-0.4, -0.2) is 50.9 Å². The van der Waals surface area contributed by atoms with Crippen LogP contribution in [0.3, 0.4) is 0 Å². The van der Waals surface area contributed by atoms with Gasteiger partial charge >= 0.3 is 0 Å². The molecule has 0 heterocycles. The Balaban J connectivity index is 2.06. The van der Waals surface area contributed by atoms with Crippen LogP contribution in [0, 0.1) is 19.8 Å². The van der Waals surface area contributed by atoms with Crippen LogP contribution in [0.4, 0.5) is 5.69 Å². The fraction of sp³-hybridized carbons (Fsp3) is 0.375. The molecule has 0 spiro atoms. The van der Waals surface area contributed by atoms with E-state index >= 15 is 0 Å². The third-order valence-corrected chi connectivity index (χ3v) is 8.42. The molecule has 0 saturated carbocycles. The summed E-state index contributed by atoms with van der Waals surface area (Å²) in [6.45, 7) is 11.7. The third kappa shape index (κ3) is 8.33. The second kappa shape index (κ2) is 14.2. The molecule has 3 aromatic carbocycles. The Labute approximate surface area is 244 Å². The number of nitrogens with zero attached hydrogens (tertiary/aromatic N) is 2. The van der Waals surface area contributed by atoms with Gasteiger partial charge in [-0.05, 0) is 63.4 Å². The number of sulfonamides is 1. The van der Waals surface area contributed by atoms with Gasteiger partial charge in [-0.2, -0.15) is 0 Å². The molecule has 1 N–H and O–H groups in total. The van der Waals surface area contributed by atoms with Gasteiger partial charge in [0, 0.05) is 13.1 Å². The minimum absolute atomic E-state index is 0.0509. The molecule has 0 fully saturated rings. The Kier molecular flexibility index (Phi) is 10.9. The Bertz CT molecular complexity index is 1420. The Morgan fingerprint density at radius 2 is 1.46 bits per heavy atom. The van der Waals surface area contributed by atoms with Crippen molar-refractivity contribution in [3.8, 4) is 5.75 Å². The molecule has 2 amide bonds. The lowest BCUT2D eigenvalue weighted by Gasteiger charge is -2.32. The topological polar surface area (TPSA) is 96.0 Å². The van der Waals surface area contributed by atoms with E-state index in [0.29, 0.717) is 18.9 Å². The van der Waals surface area contributed by atoms with Gasteiger partial charge in [0.15, 0.2) is 0 Å². The molecule has 8 nitrogen and oxygen atoms in total. The van der Waals surface area contributed by atoms with Gasteiger partial charge in [0.2, 0.25) is 11.8 Å². The molecule has 3 aromatic rings. The average molecular weight is 580 g/mol. The van der Waals surface area contributed by atoms with Crippen molar-refractivity contribution < 1.29 is 22.7 Å². The highest BCUT2D eigenvalue weighted by Crippen LogP contribution is 2.33. The van der Waals surface area contributed by atoms with Crippen LogP contribution >= 0.6 is 0 Å². The van der Waals surface area contributed by atoms with Gasteiger partial charge in [-0.15, -0.1) is 0 Å². The molecule has 1 unspecified atom stereocenters. The summed E-state index contributed by atoms with van der Waals surface area (Å²) >= 11 is 0. The second-order valence-corrected chi connectivity index (χ2v) is 12.4. The van der Waals surface area contributed by atoms with Gasteiger partial charge in [0.05, 0.1) is 17.2 Å². The number of para-hydroxylation sites is 2. The summed E-state index contributed by atoms with van der Waals surface area (Å²) in [6, 6.07) is 20.1. The lowest BCUT2D eigenvalue weighted by molar-refractivity contribution is -0.139. The lowest BCUT2D eigenvalue weighted by Crippen LogP contribution is -2.51. The zero-order valence-corrected chi connectivity index (χ0v) is 25.6. The summed E-state index contributed by atoms with van der Waals surface area (Å²) in [5.74, 6) is -0.245. The number of aryl methyl sites for hydroxylation is 2. The van der Waals surface area contributed by atoms with Gasteiger partial charge in [-0.1, -0.05) is 73.5 Å². The van der Waals surface area contributed by atoms with E-state index in [-0.39, 0.29) is 29.0 Å². The molecule has 0 aliphatic carbocycles. The first kappa shape index (κ1) is 31.7. The number of carbonyl (C=O) groups excluding carboxylic acids is 2. The second-order valence-electron chi connectivity index (χ2n) is 10.5. The number of hydrogen-bond donors (Lipinski definition) is 1. The third-order valence-electron chi connectivity index (χ3n) is 6.65. The number of rotatable bonds is 13. The summed E-state index contributed by atoms with van der Waals surface area (Å²) in [5, 5.41) is 2.90. The van der Waals surface area contributed by atoms with Gasteiger partial charge in [-0.25, -0.2) is 8.42 Å². The number of anilines is 1. The SMILES string of the molecule is CCOc1ccccc1N(CC(=O)N(Cc1ccc(C)cc1)C(C)C(=O)NCC(C)C)S(=O)(=O)c1ccc(C)cc1. The molecule has 0 aliphatic rings. The summed E-state index contributed by atoms with van der Waals surface area (Å²) in [4.78, 5) is 28.7. The Hall–Kier alpha value is -3.85. The maximum absolute atomic E-state index is 14.1. The zero-order valence-electron chi connectivity index (χ0n) is 24.8. The summed E-state index contributed by atoms with van der Waals surface area (Å²) < 4.78 is 34.9. The van der Waals surface area contributed by atoms with Crippen molar-refractivity contribution >= 4 is 27.5 Å². The minimum Gasteiger partial charge on any atom is -0.492 e. The molecule has 220 valence electrons. The average Bonchev–Trinajstić information content (AvgIpc) is 2.94. The molecule has 3 rings (SSSR count). The molecule has 0 saturated heterocycles. The van der Waals surface area contributed by atoms with Crippen LogP contribution in [0.5, 0.6) is 5.75 Å². The van der Waals surface area contributed by atoms with E-state index < -0.39 is 28.5 Å². The van der Waals surface area contributed by atoms with Crippen LogP contribution in [0.15, 0.2) is 77.7 Å². The molecular weight excluding hydrogens is 538 g/mol. The fourth-order valence-electron chi connectivity index (χ4n) is 4.22. The van der Waals surface area contributed by atoms with Gasteiger partial charge < -0.3 is 15.0 Å². The quantitative estimate of drug-likeness (QED) is 0.305. The predicted molar refractivity (Wildman–Crippen MR) is 162 cm³/mol. The van der Waals surface area contributed by atoms with Crippen molar-refractivity contribution in [1.29, 1.82) is 0 Å². The standard InChI is InChI=1S/C32H41N3O5S/c1-7-40-30-11-9-8-10-29(30)35(41(38,39)28-18-14-25(5)15-19-28)22-31(36)34(21-27-16-12-24(4)13-17-27)26(6)32(37)33-20-23(2)3/h8-19,23,26H,7,20-22H2,1-6H3,(H,33,37). The van der Waals surface area contributed by atoms with Gasteiger partial charge in [0.25, 0.3) is 10.0 Å². The van der Waals surface area contributed by atoms with Crippen LogP contribution in [-0.2, 0) is 26.2 Å². The first-order valence-electron chi connectivity index (χ1n) is 13.9. The van der Waals surface area contributed by atoms with Crippen LogP contribution in [0.1, 0.15) is 44.4 Å². The van der Waals surface area contributed by atoms with Crippen LogP contribution in [0.2, 0.25) is 0 Å². The molecule has 0 aromatic heterocycles. The molecule has 9 heteroatoms. The summed E-state index contributed by atoms with van der Waals surface area (Å²) in [7, 11) is -4.18. The molecule has 41 heavy (non-hydrogen) atoms. The highest BCUT2D eigenvalue weighted by molar-refractivity contribution is 7.92. The molecule has 0 aliphatic heterocycles. The van der Waals surface area contributed by atoms with E-state index in [4.69, 9.17) is 4.74 Å².